The molecule has 0 atom stereocenters. The first kappa shape index (κ1) is 7.35. The van der Waals surface area contributed by atoms with E-state index in [1.54, 1.807) is 0 Å². The van der Waals surface area contributed by atoms with Gasteiger partial charge in [0.15, 0.2) is 7.98 Å². The van der Waals surface area contributed by atoms with Crippen molar-refractivity contribution in [3.63, 3.8) is 0 Å². The summed E-state index contributed by atoms with van der Waals surface area (Å²) in [6, 6.07) is 10.7. The predicted molar refractivity (Wildman–Crippen MR) is 50.0 cm³/mol. The summed E-state index contributed by atoms with van der Waals surface area (Å²) in [5.41, 5.74) is 1.45. The summed E-state index contributed by atoms with van der Waals surface area (Å²) in [7, 11) is 4.89. The van der Waals surface area contributed by atoms with Gasteiger partial charge in [0.1, 0.15) is 0 Å². The molecule has 0 aliphatic rings. The first-order chi connectivity index (χ1) is 4.61. The summed E-state index contributed by atoms with van der Waals surface area (Å²) in [4.78, 5) is 0. The Kier molecular flexibility index (Phi) is 1.81. The minimum atomic E-state index is 0.346. The highest BCUT2D eigenvalue weighted by atomic mass is 15.2. The Morgan fingerprint density at radius 1 is 1.10 bits per heavy atom. The molecule has 0 saturated heterocycles. The van der Waals surface area contributed by atoms with Crippen molar-refractivity contribution in [1.82, 2.24) is 4.39 Å². The number of nitrogens with zero attached hydrogens (tertiary/aromatic N) is 1. The Labute approximate surface area is 63.3 Å². The molecule has 2 heteroatoms. The van der Waals surface area contributed by atoms with Gasteiger partial charge in [0.05, 0.1) is 5.69 Å². The van der Waals surface area contributed by atoms with Crippen LogP contribution in [0.4, 0.5) is 5.69 Å². The molecular formula is C8H14BN. The Bertz CT molecular complexity index is 200. The minimum absolute atomic E-state index is 0.346. The lowest BCUT2D eigenvalue weighted by Crippen LogP contribution is -2.36. The third-order valence-electron chi connectivity index (χ3n) is 1.27. The van der Waals surface area contributed by atoms with Crippen molar-refractivity contribution >= 4 is 13.7 Å². The van der Waals surface area contributed by atoms with Gasteiger partial charge in [0, 0.05) is 14.1 Å². The van der Waals surface area contributed by atoms with Crippen molar-refractivity contribution in [2.24, 2.45) is 0 Å². The van der Waals surface area contributed by atoms with Crippen LogP contribution in [0.25, 0.3) is 0 Å². The fourth-order valence-electron chi connectivity index (χ4n) is 0.726. The zero-order chi connectivity index (χ0) is 7.61. The maximum atomic E-state index is 2.27. The van der Waals surface area contributed by atoms with Crippen LogP contribution in [-0.4, -0.2) is 22.1 Å². The molecule has 0 N–H and O–H groups in total. The highest BCUT2D eigenvalue weighted by molar-refractivity contribution is 6.12. The number of hydrogen-bond acceptors (Lipinski definition) is 0. The Morgan fingerprint density at radius 3 is 1.90 bits per heavy atom. The third kappa shape index (κ3) is 1.61. The van der Waals surface area contributed by atoms with Gasteiger partial charge in [-0.05, 0) is 12.1 Å². The van der Waals surface area contributed by atoms with Crippen molar-refractivity contribution in [3.8, 4) is 0 Å². The van der Waals surface area contributed by atoms with Crippen LogP contribution in [0, 0.1) is 0 Å². The molecule has 1 nitrogen and oxygen atoms in total. The van der Waals surface area contributed by atoms with E-state index < -0.39 is 0 Å². The number of quaternary nitrogens is 1. The smallest absolute Gasteiger partial charge is 0.173 e. The largest absolute Gasteiger partial charge is 0.494 e. The summed E-state index contributed by atoms with van der Waals surface area (Å²) in [5.74, 6) is 0. The van der Waals surface area contributed by atoms with Gasteiger partial charge in [-0.1, -0.05) is 18.2 Å². The van der Waals surface area contributed by atoms with Gasteiger partial charge in [-0.3, -0.25) is 0 Å². The van der Waals surface area contributed by atoms with Gasteiger partial charge in [0.25, 0.3) is 0 Å². The van der Waals surface area contributed by atoms with Crippen molar-refractivity contribution in [2.45, 2.75) is 0 Å². The molecule has 54 valence electrons. The zero-order valence-corrected chi connectivity index (χ0v) is 5.83. The highest BCUT2D eigenvalue weighted by Gasteiger charge is 2.01. The van der Waals surface area contributed by atoms with Crippen LogP contribution >= 0.6 is 0 Å². The van der Waals surface area contributed by atoms with Gasteiger partial charge in [0.2, 0.25) is 0 Å². The van der Waals surface area contributed by atoms with Crippen molar-refractivity contribution in [1.29, 1.82) is 0 Å². The molecule has 0 aromatic heterocycles. The third-order valence-corrected chi connectivity index (χ3v) is 1.27. The van der Waals surface area contributed by atoms with E-state index in [0.29, 0.717) is 7.98 Å². The van der Waals surface area contributed by atoms with E-state index in [2.05, 4.69) is 44.4 Å². The molecule has 1 rings (SSSR count). The second kappa shape index (κ2) is 2.47. The minimum Gasteiger partial charge on any atom is -0.494 e. The van der Waals surface area contributed by atoms with Gasteiger partial charge >= 0.3 is 0 Å². The lowest BCUT2D eigenvalue weighted by atomic mass is 10.2. The molecule has 0 aliphatic heterocycles. The highest BCUT2D eigenvalue weighted by Crippen LogP contribution is 2.13. The molecule has 10 heavy (non-hydrogen) atoms. The SMILES string of the molecule is [BH3-][N+](C)(C)c1ccccc1. The van der Waals surface area contributed by atoms with Crippen molar-refractivity contribution < 1.29 is 0 Å². The maximum Gasteiger partial charge on any atom is 0.173 e. The standard InChI is InChI=1S/C8H14BN/c1-10(2,9)8-6-4-3-5-7-8/h3-7H,1-2,9H3. The zero-order valence-electron chi connectivity index (χ0n) is 5.83. The second-order valence-corrected chi connectivity index (χ2v) is 2.23. The molecule has 0 bridgehead atoms. The van der Waals surface area contributed by atoms with Gasteiger partial charge in [-0.25, -0.2) is 0 Å². The number of para-hydroxylation sites is 1. The second-order valence-electron chi connectivity index (χ2n) is 2.23. The number of benzene rings is 1. The van der Waals surface area contributed by atoms with E-state index in [1.165, 1.54) is 5.69 Å². The van der Waals surface area contributed by atoms with Crippen LogP contribution in [0.15, 0.2) is 30.3 Å². The normalized spacial score (nSPS) is 11.5. The quantitative estimate of drug-likeness (QED) is 0.493. The van der Waals surface area contributed by atoms with E-state index >= 15 is 0 Å². The molecule has 1 aromatic carbocycles. The van der Waals surface area contributed by atoms with E-state index in [4.69, 9.17) is 0 Å². The molecule has 0 spiro atoms. The average Bonchev–Trinajstić information content (AvgIpc) is 1.88. The fourth-order valence-corrected chi connectivity index (χ4v) is 0.726. The van der Waals surface area contributed by atoms with Crippen molar-refractivity contribution in [3.05, 3.63) is 30.3 Å². The van der Waals surface area contributed by atoms with Gasteiger partial charge in [-0.2, -0.15) is 0 Å². The number of hydrogen-bond donors (Lipinski definition) is 0. The van der Waals surface area contributed by atoms with Crippen LogP contribution in [0.5, 0.6) is 0 Å². The molecule has 0 amide bonds. The van der Waals surface area contributed by atoms with E-state index in [1.807, 2.05) is 0 Å². The maximum absolute atomic E-state index is 2.27. The van der Waals surface area contributed by atoms with Gasteiger partial charge < -0.3 is 4.39 Å². The van der Waals surface area contributed by atoms with Crippen LogP contribution in [0.3, 0.4) is 0 Å². The monoisotopic (exact) mass is 135 g/mol. The van der Waals surface area contributed by atoms with Crippen LogP contribution in [-0.2, 0) is 0 Å². The Balaban J connectivity index is 2.97. The summed E-state index contributed by atoms with van der Waals surface area (Å²) in [6.07, 6.45) is 0. The number of rotatable bonds is 1. The lowest BCUT2D eigenvalue weighted by Gasteiger charge is -2.32. The van der Waals surface area contributed by atoms with E-state index in [0.717, 1.165) is 4.39 Å². The van der Waals surface area contributed by atoms with Gasteiger partial charge in [-0.15, -0.1) is 0 Å². The molecular weight excluding hydrogens is 121 g/mol. The average molecular weight is 135 g/mol. The molecule has 0 heterocycles. The summed E-state index contributed by atoms with van der Waals surface area (Å²) in [6.45, 7) is 0. The molecule has 0 unspecified atom stereocenters. The molecule has 1 aromatic rings. The molecule has 0 aliphatic carbocycles. The van der Waals surface area contributed by atoms with Crippen molar-refractivity contribution in [2.75, 3.05) is 14.1 Å². The first-order valence-corrected chi connectivity index (χ1v) is 3.03. The van der Waals surface area contributed by atoms with Crippen LogP contribution < -0.4 is 4.39 Å². The summed E-state index contributed by atoms with van der Waals surface area (Å²) in [5, 5.41) is 0. The Hall–Kier alpha value is -0.755. The predicted octanol–water partition coefficient (Wildman–Crippen LogP) is 0.534. The molecule has 0 radical (unpaired) electrons. The fraction of sp³-hybridized carbons (Fsp3) is 0.250. The molecule has 0 fully saturated rings. The topological polar surface area (TPSA) is 0 Å². The van der Waals surface area contributed by atoms with E-state index in [9.17, 15) is 0 Å². The lowest BCUT2D eigenvalue weighted by molar-refractivity contribution is 0.643. The van der Waals surface area contributed by atoms with Crippen LogP contribution in [0.2, 0.25) is 0 Å². The Morgan fingerprint density at radius 2 is 1.60 bits per heavy atom. The summed E-state index contributed by atoms with van der Waals surface area (Å²) < 4.78 is 1.14. The van der Waals surface area contributed by atoms with E-state index in [-0.39, 0.29) is 0 Å². The molecule has 0 saturated carbocycles. The van der Waals surface area contributed by atoms with Crippen LogP contribution in [0.1, 0.15) is 0 Å². The first-order valence-electron chi connectivity index (χ1n) is 3.03. The summed E-state index contributed by atoms with van der Waals surface area (Å²) >= 11 is 0.